The number of rotatable bonds is 5. The summed E-state index contributed by atoms with van der Waals surface area (Å²) in [6.07, 6.45) is 5.53. The van der Waals surface area contributed by atoms with Crippen molar-refractivity contribution in [3.63, 3.8) is 0 Å². The van der Waals surface area contributed by atoms with Gasteiger partial charge in [-0.25, -0.2) is 9.37 Å². The quantitative estimate of drug-likeness (QED) is 0.807. The molecule has 7 heteroatoms. The minimum Gasteiger partial charge on any atom is -0.381 e. The molecule has 1 aliphatic carbocycles. The number of amides is 2. The summed E-state index contributed by atoms with van der Waals surface area (Å²) in [5.41, 5.74) is 0.758. The van der Waals surface area contributed by atoms with Crippen LogP contribution in [0.2, 0.25) is 0 Å². The summed E-state index contributed by atoms with van der Waals surface area (Å²) in [6.45, 7) is 1.21. The molecule has 2 N–H and O–H groups in total. The molecule has 0 radical (unpaired) electrons. The molecule has 1 saturated heterocycles. The second kappa shape index (κ2) is 8.29. The Kier molecular flexibility index (Phi) is 5.58. The van der Waals surface area contributed by atoms with E-state index in [1.165, 1.54) is 12.1 Å². The van der Waals surface area contributed by atoms with Gasteiger partial charge in [-0.1, -0.05) is 12.5 Å². The molecule has 0 spiro atoms. The first kappa shape index (κ1) is 19.5. The summed E-state index contributed by atoms with van der Waals surface area (Å²) in [5, 5.41) is 5.74. The molecular formula is C22H24FN3O3. The summed E-state index contributed by atoms with van der Waals surface area (Å²) in [6, 6.07) is 9.34. The zero-order valence-electron chi connectivity index (χ0n) is 16.1. The molecule has 0 bridgehead atoms. The second-order valence-electron chi connectivity index (χ2n) is 7.70. The molecule has 1 saturated carbocycles. The van der Waals surface area contributed by atoms with Crippen molar-refractivity contribution in [2.24, 2.45) is 5.92 Å². The van der Waals surface area contributed by atoms with Gasteiger partial charge in [-0.05, 0) is 61.6 Å². The molecule has 1 aromatic carbocycles. The number of aromatic nitrogens is 1. The molecule has 1 aliphatic heterocycles. The lowest BCUT2D eigenvalue weighted by Crippen LogP contribution is -2.46. The molecule has 2 aliphatic rings. The number of hydrogen-bond acceptors (Lipinski definition) is 4. The molecular weight excluding hydrogens is 373 g/mol. The number of ether oxygens (including phenoxy) is 1. The van der Waals surface area contributed by atoms with Crippen LogP contribution in [0.4, 0.5) is 15.9 Å². The monoisotopic (exact) mass is 397 g/mol. The zero-order chi connectivity index (χ0) is 20.3. The topological polar surface area (TPSA) is 80.3 Å². The Labute approximate surface area is 168 Å². The molecule has 1 aromatic heterocycles. The van der Waals surface area contributed by atoms with E-state index in [0.29, 0.717) is 24.7 Å². The van der Waals surface area contributed by atoms with E-state index in [-0.39, 0.29) is 23.5 Å². The van der Waals surface area contributed by atoms with Gasteiger partial charge in [0, 0.05) is 31.0 Å². The highest BCUT2D eigenvalue weighted by Crippen LogP contribution is 2.44. The van der Waals surface area contributed by atoms with Gasteiger partial charge >= 0.3 is 0 Å². The number of anilines is 2. The van der Waals surface area contributed by atoms with Crippen molar-refractivity contribution in [3.05, 3.63) is 54.0 Å². The first-order valence-corrected chi connectivity index (χ1v) is 9.99. The highest BCUT2D eigenvalue weighted by atomic mass is 19.1. The third-order valence-corrected chi connectivity index (χ3v) is 5.90. The number of pyridine rings is 1. The van der Waals surface area contributed by atoms with Crippen LogP contribution in [-0.2, 0) is 19.7 Å². The van der Waals surface area contributed by atoms with Gasteiger partial charge in [-0.15, -0.1) is 0 Å². The predicted octanol–water partition coefficient (Wildman–Crippen LogP) is 3.65. The van der Waals surface area contributed by atoms with Crippen molar-refractivity contribution < 1.29 is 18.7 Å². The average molecular weight is 397 g/mol. The number of carbonyl (C=O) groups is 2. The van der Waals surface area contributed by atoms with Crippen molar-refractivity contribution in [1.82, 2.24) is 4.98 Å². The number of hydrogen-bond donors (Lipinski definition) is 2. The van der Waals surface area contributed by atoms with Crippen molar-refractivity contribution in [2.75, 3.05) is 23.8 Å². The van der Waals surface area contributed by atoms with Gasteiger partial charge in [-0.2, -0.15) is 0 Å². The Morgan fingerprint density at radius 2 is 1.76 bits per heavy atom. The average Bonchev–Trinajstić information content (AvgIpc) is 2.71. The van der Waals surface area contributed by atoms with Crippen LogP contribution in [0.15, 0.2) is 42.6 Å². The highest BCUT2D eigenvalue weighted by molar-refractivity contribution is 6.00. The Morgan fingerprint density at radius 3 is 2.34 bits per heavy atom. The van der Waals surface area contributed by atoms with E-state index in [2.05, 4.69) is 15.6 Å². The second-order valence-corrected chi connectivity index (χ2v) is 7.70. The third kappa shape index (κ3) is 4.15. The molecule has 6 nitrogen and oxygen atoms in total. The number of nitrogens with zero attached hydrogens (tertiary/aromatic N) is 1. The van der Waals surface area contributed by atoms with Gasteiger partial charge in [0.15, 0.2) is 0 Å². The predicted molar refractivity (Wildman–Crippen MR) is 107 cm³/mol. The van der Waals surface area contributed by atoms with E-state index in [4.69, 9.17) is 4.74 Å². The molecule has 2 fully saturated rings. The summed E-state index contributed by atoms with van der Waals surface area (Å²) < 4.78 is 18.4. The fourth-order valence-electron chi connectivity index (χ4n) is 3.90. The van der Waals surface area contributed by atoms with Crippen molar-refractivity contribution in [2.45, 2.75) is 37.5 Å². The number of halogens is 1. The number of nitrogens with one attached hydrogen (secondary N) is 2. The summed E-state index contributed by atoms with van der Waals surface area (Å²) in [5.74, 6) is -0.0654. The molecule has 152 valence electrons. The van der Waals surface area contributed by atoms with Crippen LogP contribution < -0.4 is 10.6 Å². The van der Waals surface area contributed by atoms with Gasteiger partial charge in [0.1, 0.15) is 11.6 Å². The Balaban J connectivity index is 1.44. The van der Waals surface area contributed by atoms with E-state index in [9.17, 15) is 14.0 Å². The molecule has 2 heterocycles. The molecule has 2 aromatic rings. The SMILES string of the molecule is O=C(Nc1ccc(C2(C(=O)Nc3ccc(F)cc3)CCC2)cn1)C1CCOCC1. The van der Waals surface area contributed by atoms with Gasteiger partial charge < -0.3 is 15.4 Å². The third-order valence-electron chi connectivity index (χ3n) is 5.90. The van der Waals surface area contributed by atoms with Crippen molar-refractivity contribution in [3.8, 4) is 0 Å². The van der Waals surface area contributed by atoms with Gasteiger partial charge in [0.2, 0.25) is 11.8 Å². The van der Waals surface area contributed by atoms with Crippen molar-refractivity contribution in [1.29, 1.82) is 0 Å². The van der Waals surface area contributed by atoms with Crippen LogP contribution in [0.5, 0.6) is 0 Å². The minimum atomic E-state index is -0.634. The van der Waals surface area contributed by atoms with Crippen LogP contribution in [0.25, 0.3) is 0 Å². The van der Waals surface area contributed by atoms with Crippen LogP contribution in [0, 0.1) is 11.7 Å². The Morgan fingerprint density at radius 1 is 1.03 bits per heavy atom. The van der Waals surface area contributed by atoms with E-state index >= 15 is 0 Å². The summed E-state index contributed by atoms with van der Waals surface area (Å²) in [4.78, 5) is 29.7. The normalized spacial score (nSPS) is 18.5. The molecule has 29 heavy (non-hydrogen) atoms. The molecule has 0 unspecified atom stereocenters. The summed E-state index contributed by atoms with van der Waals surface area (Å²) >= 11 is 0. The van der Waals surface area contributed by atoms with Crippen LogP contribution in [0.1, 0.15) is 37.7 Å². The highest BCUT2D eigenvalue weighted by Gasteiger charge is 2.46. The summed E-state index contributed by atoms with van der Waals surface area (Å²) in [7, 11) is 0. The van der Waals surface area contributed by atoms with Gasteiger partial charge in [0.25, 0.3) is 0 Å². The smallest absolute Gasteiger partial charge is 0.235 e. The van der Waals surface area contributed by atoms with E-state index < -0.39 is 5.41 Å². The maximum atomic E-state index is 13.1. The Bertz CT molecular complexity index is 873. The molecule has 4 rings (SSSR count). The maximum absolute atomic E-state index is 13.1. The lowest BCUT2D eigenvalue weighted by molar-refractivity contribution is -0.124. The lowest BCUT2D eigenvalue weighted by atomic mass is 9.64. The van der Waals surface area contributed by atoms with Crippen LogP contribution in [0.3, 0.4) is 0 Å². The first-order valence-electron chi connectivity index (χ1n) is 9.99. The number of benzene rings is 1. The first-order chi connectivity index (χ1) is 14.1. The molecule has 0 atom stereocenters. The van der Waals surface area contributed by atoms with E-state index in [1.54, 1.807) is 24.4 Å². The van der Waals surface area contributed by atoms with Crippen LogP contribution >= 0.6 is 0 Å². The number of carbonyl (C=O) groups excluding carboxylic acids is 2. The molecule has 2 amide bonds. The van der Waals surface area contributed by atoms with Crippen molar-refractivity contribution >= 4 is 23.3 Å². The zero-order valence-corrected chi connectivity index (χ0v) is 16.1. The largest absolute Gasteiger partial charge is 0.381 e. The van der Waals surface area contributed by atoms with Gasteiger partial charge in [-0.3, -0.25) is 9.59 Å². The minimum absolute atomic E-state index is 0.0408. The van der Waals surface area contributed by atoms with E-state index in [0.717, 1.165) is 37.7 Å². The van der Waals surface area contributed by atoms with E-state index in [1.807, 2.05) is 6.07 Å². The fourth-order valence-corrected chi connectivity index (χ4v) is 3.90. The fraction of sp³-hybridized carbons (Fsp3) is 0.409. The Hall–Kier alpha value is -2.80. The lowest BCUT2D eigenvalue weighted by Gasteiger charge is -2.40. The maximum Gasteiger partial charge on any atom is 0.235 e. The van der Waals surface area contributed by atoms with Crippen LogP contribution in [-0.4, -0.2) is 30.0 Å². The van der Waals surface area contributed by atoms with Gasteiger partial charge in [0.05, 0.1) is 5.41 Å². The standard InChI is InChI=1S/C22H24FN3O3/c23-17-3-5-18(6-4-17)25-21(28)22(10-1-11-22)16-2-7-19(24-14-16)26-20(27)15-8-12-29-13-9-15/h2-7,14-15H,1,8-13H2,(H,25,28)(H,24,26,27).